The summed E-state index contributed by atoms with van der Waals surface area (Å²) in [4.78, 5) is 16.8. The summed E-state index contributed by atoms with van der Waals surface area (Å²) < 4.78 is 5.46. The van der Waals surface area contributed by atoms with Crippen molar-refractivity contribution in [1.82, 2.24) is 0 Å². The van der Waals surface area contributed by atoms with Crippen LogP contribution in [0, 0.1) is 0 Å². The Morgan fingerprint density at radius 2 is 2.00 bits per heavy atom. The molecule has 22 heavy (non-hydrogen) atoms. The van der Waals surface area contributed by atoms with Crippen molar-refractivity contribution in [2.75, 3.05) is 11.9 Å². The van der Waals surface area contributed by atoms with Gasteiger partial charge in [-0.1, -0.05) is 41.9 Å². The highest BCUT2D eigenvalue weighted by Gasteiger charge is 2.26. The highest BCUT2D eigenvalue weighted by atomic mass is 35.5. The number of halogens is 1. The number of benzene rings is 2. The van der Waals surface area contributed by atoms with Gasteiger partial charge in [-0.15, -0.1) is 0 Å². The van der Waals surface area contributed by atoms with Crippen molar-refractivity contribution in [3.63, 3.8) is 0 Å². The van der Waals surface area contributed by atoms with Crippen molar-refractivity contribution < 1.29 is 9.53 Å². The lowest BCUT2D eigenvalue weighted by Gasteiger charge is -2.10. The van der Waals surface area contributed by atoms with Crippen LogP contribution in [0.25, 0.3) is 0 Å². The zero-order valence-electron chi connectivity index (χ0n) is 12.0. The molecule has 0 saturated carbocycles. The van der Waals surface area contributed by atoms with Crippen LogP contribution >= 0.6 is 11.6 Å². The molecule has 0 fully saturated rings. The highest BCUT2D eigenvalue weighted by molar-refractivity contribution is 6.32. The first kappa shape index (κ1) is 14.8. The number of nitrogens with zero attached hydrogens (tertiary/aromatic N) is 1. The number of nitrogens with one attached hydrogen (secondary N) is 1. The molecule has 112 valence electrons. The summed E-state index contributed by atoms with van der Waals surface area (Å²) in [5.41, 5.74) is 3.07. The number of anilines is 1. The minimum atomic E-state index is -0.869. The lowest BCUT2D eigenvalue weighted by Crippen LogP contribution is -2.28. The van der Waals surface area contributed by atoms with E-state index in [1.165, 1.54) is 0 Å². The Labute approximate surface area is 133 Å². The van der Waals surface area contributed by atoms with Gasteiger partial charge in [0.2, 0.25) is 6.23 Å². The summed E-state index contributed by atoms with van der Waals surface area (Å²) in [6.07, 6.45) is -0.869. The molecule has 1 heterocycles. The molecule has 2 aromatic rings. The van der Waals surface area contributed by atoms with Gasteiger partial charge in [-0.3, -0.25) is 4.79 Å². The van der Waals surface area contributed by atoms with Gasteiger partial charge in [0.15, 0.2) is 0 Å². The fraction of sp³-hybridized carbons (Fsp3) is 0.176. The smallest absolute Gasteiger partial charge is 0.276 e. The number of carbonyl (C=O) groups excluding carboxylic acids is 1. The summed E-state index contributed by atoms with van der Waals surface area (Å²) in [7, 11) is 0. The van der Waals surface area contributed by atoms with Crippen LogP contribution in [0.1, 0.15) is 18.1 Å². The maximum absolute atomic E-state index is 12.3. The van der Waals surface area contributed by atoms with Gasteiger partial charge in [0.25, 0.3) is 5.91 Å². The van der Waals surface area contributed by atoms with Gasteiger partial charge in [0.1, 0.15) is 0 Å². The van der Waals surface area contributed by atoms with Crippen LogP contribution in [0.3, 0.4) is 0 Å². The number of ether oxygens (including phenoxy) is 1. The van der Waals surface area contributed by atoms with E-state index in [1.54, 1.807) is 18.2 Å². The van der Waals surface area contributed by atoms with Crippen LogP contribution in [0.2, 0.25) is 5.02 Å². The molecular formula is C17H15ClN2O2. The third-order valence-electron chi connectivity index (χ3n) is 3.34. The zero-order chi connectivity index (χ0) is 15.5. The topological polar surface area (TPSA) is 50.7 Å². The van der Waals surface area contributed by atoms with Crippen LogP contribution in [0.4, 0.5) is 5.69 Å². The Balaban J connectivity index is 2.18. The Morgan fingerprint density at radius 1 is 1.23 bits per heavy atom. The minimum absolute atomic E-state index is 0.281. The van der Waals surface area contributed by atoms with Crippen molar-refractivity contribution in [2.45, 2.75) is 13.2 Å². The van der Waals surface area contributed by atoms with Gasteiger partial charge < -0.3 is 10.1 Å². The van der Waals surface area contributed by atoms with E-state index < -0.39 is 6.23 Å². The van der Waals surface area contributed by atoms with Gasteiger partial charge in [-0.05, 0) is 25.1 Å². The van der Waals surface area contributed by atoms with Crippen molar-refractivity contribution >= 4 is 28.9 Å². The number of rotatable bonds is 3. The lowest BCUT2D eigenvalue weighted by molar-refractivity contribution is -0.126. The molecule has 0 aliphatic carbocycles. The van der Waals surface area contributed by atoms with Crippen LogP contribution in [0.15, 0.2) is 53.5 Å². The Kier molecular flexibility index (Phi) is 4.22. The SMILES string of the molecule is CCO[C@H]1N=C(c2ccccc2)c2cc(Cl)ccc2NC1=O. The molecule has 0 bridgehead atoms. The number of hydrogen-bond donors (Lipinski definition) is 1. The summed E-state index contributed by atoms with van der Waals surface area (Å²) in [6.45, 7) is 2.24. The molecule has 1 aliphatic heterocycles. The average Bonchev–Trinajstić information content (AvgIpc) is 2.66. The third kappa shape index (κ3) is 2.89. The van der Waals surface area contributed by atoms with Crippen molar-refractivity contribution in [1.29, 1.82) is 0 Å². The van der Waals surface area contributed by atoms with Crippen molar-refractivity contribution in [3.05, 3.63) is 64.7 Å². The molecule has 0 saturated heterocycles. The second-order valence-corrected chi connectivity index (χ2v) is 5.27. The molecular weight excluding hydrogens is 300 g/mol. The predicted molar refractivity (Wildman–Crippen MR) is 87.6 cm³/mol. The Hall–Kier alpha value is -2.17. The van der Waals surface area contributed by atoms with Gasteiger partial charge in [-0.25, -0.2) is 4.99 Å². The fourth-order valence-electron chi connectivity index (χ4n) is 2.36. The van der Waals surface area contributed by atoms with E-state index in [4.69, 9.17) is 16.3 Å². The van der Waals surface area contributed by atoms with Gasteiger partial charge >= 0.3 is 0 Å². The molecule has 5 heteroatoms. The Morgan fingerprint density at radius 3 is 2.73 bits per heavy atom. The molecule has 0 unspecified atom stereocenters. The molecule has 4 nitrogen and oxygen atoms in total. The van der Waals surface area contributed by atoms with Crippen LogP contribution < -0.4 is 5.32 Å². The number of hydrogen-bond acceptors (Lipinski definition) is 3. The van der Waals surface area contributed by atoms with E-state index in [0.29, 0.717) is 23.0 Å². The quantitative estimate of drug-likeness (QED) is 0.942. The lowest BCUT2D eigenvalue weighted by atomic mass is 10.0. The molecule has 2 aromatic carbocycles. The first-order chi connectivity index (χ1) is 10.7. The molecule has 0 radical (unpaired) electrons. The minimum Gasteiger partial charge on any atom is -0.348 e. The second-order valence-electron chi connectivity index (χ2n) is 4.83. The normalized spacial score (nSPS) is 17.3. The van der Waals surface area contributed by atoms with E-state index in [9.17, 15) is 4.79 Å². The van der Waals surface area contributed by atoms with Gasteiger partial charge in [0.05, 0.1) is 11.4 Å². The number of carbonyl (C=O) groups is 1. The van der Waals surface area contributed by atoms with Crippen molar-refractivity contribution in [2.24, 2.45) is 4.99 Å². The summed E-state index contributed by atoms with van der Waals surface area (Å²) in [5.74, 6) is -0.281. The van der Waals surface area contributed by atoms with E-state index in [2.05, 4.69) is 10.3 Å². The number of amides is 1. The van der Waals surface area contributed by atoms with Crippen LogP contribution in [-0.4, -0.2) is 24.5 Å². The molecule has 0 spiro atoms. The molecule has 1 atom stereocenters. The number of benzodiazepines with no additional fused rings is 1. The zero-order valence-corrected chi connectivity index (χ0v) is 12.8. The highest BCUT2D eigenvalue weighted by Crippen LogP contribution is 2.27. The molecule has 0 aromatic heterocycles. The number of fused-ring (bicyclic) bond motifs is 1. The van der Waals surface area contributed by atoms with E-state index in [0.717, 1.165) is 11.1 Å². The summed E-state index contributed by atoms with van der Waals surface area (Å²) in [5, 5.41) is 3.44. The maximum Gasteiger partial charge on any atom is 0.276 e. The maximum atomic E-state index is 12.3. The van der Waals surface area contributed by atoms with E-state index in [-0.39, 0.29) is 5.91 Å². The standard InChI is InChI=1S/C17H15ClN2O2/c1-2-22-17-16(21)19-14-9-8-12(18)10-13(14)15(20-17)11-6-4-3-5-7-11/h3-10,17H,2H2,1H3,(H,19,21)/t17-/m1/s1. The first-order valence-electron chi connectivity index (χ1n) is 7.04. The Bertz CT molecular complexity index is 729. The summed E-state index contributed by atoms with van der Waals surface area (Å²) >= 11 is 6.12. The monoisotopic (exact) mass is 314 g/mol. The molecule has 1 N–H and O–H groups in total. The van der Waals surface area contributed by atoms with Crippen LogP contribution in [-0.2, 0) is 9.53 Å². The van der Waals surface area contributed by atoms with Gasteiger partial charge in [-0.2, -0.15) is 0 Å². The second kappa shape index (κ2) is 6.30. The molecule has 3 rings (SSSR count). The van der Waals surface area contributed by atoms with Crippen LogP contribution in [0.5, 0.6) is 0 Å². The first-order valence-corrected chi connectivity index (χ1v) is 7.42. The average molecular weight is 315 g/mol. The number of aliphatic imine (C=N–C) groups is 1. The molecule has 1 amide bonds. The third-order valence-corrected chi connectivity index (χ3v) is 3.57. The van der Waals surface area contributed by atoms with Gasteiger partial charge in [0, 0.05) is 22.8 Å². The molecule has 1 aliphatic rings. The van der Waals surface area contributed by atoms with E-state index in [1.807, 2.05) is 37.3 Å². The van der Waals surface area contributed by atoms with E-state index >= 15 is 0 Å². The summed E-state index contributed by atoms with van der Waals surface area (Å²) in [6, 6.07) is 15.0. The van der Waals surface area contributed by atoms with Crippen molar-refractivity contribution in [3.8, 4) is 0 Å². The fourth-order valence-corrected chi connectivity index (χ4v) is 2.53. The predicted octanol–water partition coefficient (Wildman–Crippen LogP) is 3.49. The largest absolute Gasteiger partial charge is 0.348 e.